The Bertz CT molecular complexity index is 714. The van der Waals surface area contributed by atoms with Crippen LogP contribution in [-0.2, 0) is 0 Å². The number of carbonyl (C=O) groups is 1. The van der Waals surface area contributed by atoms with Crippen molar-refractivity contribution < 1.29 is 9.90 Å². The van der Waals surface area contributed by atoms with Crippen LogP contribution in [0.2, 0.25) is 0 Å². The van der Waals surface area contributed by atoms with Gasteiger partial charge >= 0.3 is 0 Å². The van der Waals surface area contributed by atoms with Crippen LogP contribution in [0.5, 0.6) is 0 Å². The van der Waals surface area contributed by atoms with Crippen molar-refractivity contribution in [2.75, 3.05) is 23.3 Å². The summed E-state index contributed by atoms with van der Waals surface area (Å²) in [6.45, 7) is 3.30. The van der Waals surface area contributed by atoms with Crippen molar-refractivity contribution in [2.24, 2.45) is 0 Å². The number of nitrogens with one attached hydrogen (secondary N) is 1. The first-order valence-corrected chi connectivity index (χ1v) is 8.18. The molecule has 0 atom stereocenters. The van der Waals surface area contributed by atoms with Gasteiger partial charge in [-0.25, -0.2) is 9.97 Å². The lowest BCUT2D eigenvalue weighted by Gasteiger charge is -2.29. The summed E-state index contributed by atoms with van der Waals surface area (Å²) in [5.74, 6) is 1.13. The second-order valence-corrected chi connectivity index (χ2v) is 5.81. The molecule has 1 aliphatic heterocycles. The van der Waals surface area contributed by atoms with E-state index in [1.807, 2.05) is 24.0 Å². The molecule has 0 saturated carbocycles. The largest absolute Gasteiger partial charge is 0.393 e. The number of Topliss-reactive ketones (excluding diaryl/α,β-unsaturated/α-hetero) is 1. The third kappa shape index (κ3) is 3.86. The van der Waals surface area contributed by atoms with Gasteiger partial charge in [0, 0.05) is 30.8 Å². The summed E-state index contributed by atoms with van der Waals surface area (Å²) in [4.78, 5) is 26.6. The minimum Gasteiger partial charge on any atom is -0.393 e. The maximum Gasteiger partial charge on any atom is 0.231 e. The first-order valence-electron chi connectivity index (χ1n) is 8.18. The number of carbonyl (C=O) groups excluding carboxylic acids is 1. The minimum atomic E-state index is -0.237. The lowest BCUT2D eigenvalue weighted by Crippen LogP contribution is -2.36. The molecule has 7 heteroatoms. The third-order valence-electron chi connectivity index (χ3n) is 4.07. The van der Waals surface area contributed by atoms with E-state index in [9.17, 15) is 9.90 Å². The molecule has 0 unspecified atom stereocenters. The molecular weight excluding hydrogens is 306 g/mol. The Labute approximate surface area is 140 Å². The van der Waals surface area contributed by atoms with E-state index in [4.69, 9.17) is 0 Å². The van der Waals surface area contributed by atoms with Crippen molar-refractivity contribution in [1.29, 1.82) is 0 Å². The molecule has 0 spiro atoms. The molecule has 1 aliphatic rings. The van der Waals surface area contributed by atoms with E-state index >= 15 is 0 Å². The highest BCUT2D eigenvalue weighted by Gasteiger charge is 2.19. The Balaban J connectivity index is 1.74. The van der Waals surface area contributed by atoms with Gasteiger partial charge in [-0.05, 0) is 25.0 Å². The molecule has 126 valence electrons. The number of benzene rings is 1. The second-order valence-electron chi connectivity index (χ2n) is 5.81. The average Bonchev–Trinajstić information content (AvgIpc) is 2.62. The zero-order chi connectivity index (χ0) is 16.9. The van der Waals surface area contributed by atoms with Crippen LogP contribution in [0.4, 0.5) is 17.6 Å². The quantitative estimate of drug-likeness (QED) is 0.813. The van der Waals surface area contributed by atoms with E-state index in [1.54, 1.807) is 12.1 Å². The predicted molar refractivity (Wildman–Crippen MR) is 91.6 cm³/mol. The Morgan fingerprint density at radius 1 is 1.33 bits per heavy atom. The molecule has 2 aromatic rings. The summed E-state index contributed by atoms with van der Waals surface area (Å²) in [6.07, 6.45) is 3.14. The number of hydrogen-bond acceptors (Lipinski definition) is 7. The molecule has 2 N–H and O–H groups in total. The zero-order valence-electron chi connectivity index (χ0n) is 13.6. The van der Waals surface area contributed by atoms with Gasteiger partial charge in [0.05, 0.1) is 6.10 Å². The smallest absolute Gasteiger partial charge is 0.231 e. The van der Waals surface area contributed by atoms with Crippen molar-refractivity contribution in [2.45, 2.75) is 32.3 Å². The number of anilines is 3. The number of aliphatic hydroxyl groups excluding tert-OH is 1. The molecule has 1 saturated heterocycles. The number of hydrogen-bond donors (Lipinski definition) is 2. The molecule has 7 nitrogen and oxygen atoms in total. The predicted octanol–water partition coefficient (Wildman–Crippen LogP) is 2.17. The van der Waals surface area contributed by atoms with Gasteiger partial charge in [0.15, 0.2) is 5.78 Å². The Morgan fingerprint density at radius 2 is 2.12 bits per heavy atom. The van der Waals surface area contributed by atoms with Crippen molar-refractivity contribution in [3.63, 3.8) is 0 Å². The topological polar surface area (TPSA) is 91.2 Å². The number of aromatic nitrogens is 3. The fraction of sp³-hybridized carbons (Fsp3) is 0.412. The Kier molecular flexibility index (Phi) is 5.00. The van der Waals surface area contributed by atoms with Gasteiger partial charge in [0.25, 0.3) is 0 Å². The van der Waals surface area contributed by atoms with Crippen LogP contribution < -0.4 is 10.2 Å². The van der Waals surface area contributed by atoms with Gasteiger partial charge in [-0.3, -0.25) is 4.79 Å². The van der Waals surface area contributed by atoms with E-state index in [1.165, 1.54) is 6.33 Å². The molecule has 1 aromatic heterocycles. The second kappa shape index (κ2) is 7.35. The normalized spacial score (nSPS) is 15.3. The van der Waals surface area contributed by atoms with Crippen LogP contribution >= 0.6 is 0 Å². The van der Waals surface area contributed by atoms with Crippen LogP contribution in [-0.4, -0.2) is 45.0 Å². The monoisotopic (exact) mass is 327 g/mol. The summed E-state index contributed by atoms with van der Waals surface area (Å²) in [6, 6.07) is 7.30. The number of rotatable bonds is 5. The Hall–Kier alpha value is -2.54. The van der Waals surface area contributed by atoms with E-state index in [2.05, 4.69) is 20.3 Å². The molecular formula is C17H21N5O2. The molecule has 0 aliphatic carbocycles. The highest BCUT2D eigenvalue weighted by Crippen LogP contribution is 2.19. The van der Waals surface area contributed by atoms with Gasteiger partial charge in [-0.1, -0.05) is 19.1 Å². The summed E-state index contributed by atoms with van der Waals surface area (Å²) < 4.78 is 0. The molecule has 2 heterocycles. The molecule has 0 radical (unpaired) electrons. The van der Waals surface area contributed by atoms with Crippen molar-refractivity contribution >= 4 is 23.4 Å². The van der Waals surface area contributed by atoms with Gasteiger partial charge in [0.1, 0.15) is 6.33 Å². The van der Waals surface area contributed by atoms with Gasteiger partial charge in [-0.2, -0.15) is 4.98 Å². The molecule has 0 bridgehead atoms. The summed E-state index contributed by atoms with van der Waals surface area (Å²) in [5.41, 5.74) is 1.43. The van der Waals surface area contributed by atoms with Gasteiger partial charge in [0.2, 0.25) is 11.9 Å². The maximum absolute atomic E-state index is 11.8. The third-order valence-corrected chi connectivity index (χ3v) is 4.07. The van der Waals surface area contributed by atoms with Crippen molar-refractivity contribution in [3.8, 4) is 0 Å². The van der Waals surface area contributed by atoms with Crippen LogP contribution in [0.3, 0.4) is 0 Å². The van der Waals surface area contributed by atoms with Crippen LogP contribution in [0, 0.1) is 0 Å². The first-order chi connectivity index (χ1) is 11.7. The summed E-state index contributed by atoms with van der Waals surface area (Å²) in [7, 11) is 0. The van der Waals surface area contributed by atoms with E-state index in [-0.39, 0.29) is 11.9 Å². The summed E-state index contributed by atoms with van der Waals surface area (Å²) >= 11 is 0. The lowest BCUT2D eigenvalue weighted by molar-refractivity contribution is 0.0988. The number of ketones is 1. The number of aliphatic hydroxyl groups is 1. The van der Waals surface area contributed by atoms with Crippen LogP contribution in [0.1, 0.15) is 36.5 Å². The zero-order valence-corrected chi connectivity index (χ0v) is 13.6. The Morgan fingerprint density at radius 3 is 2.88 bits per heavy atom. The average molecular weight is 327 g/mol. The molecule has 1 aromatic carbocycles. The fourth-order valence-corrected chi connectivity index (χ4v) is 2.67. The fourth-order valence-electron chi connectivity index (χ4n) is 2.67. The van der Waals surface area contributed by atoms with Crippen LogP contribution in [0.15, 0.2) is 30.6 Å². The van der Waals surface area contributed by atoms with Gasteiger partial charge < -0.3 is 15.3 Å². The minimum absolute atomic E-state index is 0.0989. The molecule has 1 fully saturated rings. The van der Waals surface area contributed by atoms with Crippen LogP contribution in [0.25, 0.3) is 0 Å². The number of nitrogens with zero attached hydrogens (tertiary/aromatic N) is 4. The molecule has 0 amide bonds. The van der Waals surface area contributed by atoms with Crippen molar-refractivity contribution in [1.82, 2.24) is 15.0 Å². The maximum atomic E-state index is 11.8. The lowest BCUT2D eigenvalue weighted by atomic mass is 10.1. The molecule has 3 rings (SSSR count). The SMILES string of the molecule is CCC(=O)c1cccc(Nc2ncnc(N3CCC(O)CC3)n2)c1. The molecule has 24 heavy (non-hydrogen) atoms. The highest BCUT2D eigenvalue weighted by atomic mass is 16.3. The van der Waals surface area contributed by atoms with E-state index < -0.39 is 0 Å². The standard InChI is InChI=1S/C17H21N5O2/c1-2-15(24)12-4-3-5-13(10-12)20-16-18-11-19-17(21-16)22-8-6-14(23)7-9-22/h3-5,10-11,14,23H,2,6-9H2,1H3,(H,18,19,20,21). The number of piperidine rings is 1. The first kappa shape index (κ1) is 16.3. The van der Waals surface area contributed by atoms with E-state index in [0.29, 0.717) is 23.9 Å². The van der Waals surface area contributed by atoms with E-state index in [0.717, 1.165) is 31.6 Å². The highest BCUT2D eigenvalue weighted by molar-refractivity contribution is 5.96. The van der Waals surface area contributed by atoms with Crippen molar-refractivity contribution in [3.05, 3.63) is 36.2 Å². The summed E-state index contributed by atoms with van der Waals surface area (Å²) in [5, 5.41) is 12.7. The van der Waals surface area contributed by atoms with Gasteiger partial charge in [-0.15, -0.1) is 0 Å².